The Morgan fingerprint density at radius 1 is 1.33 bits per heavy atom. The van der Waals surface area contributed by atoms with Crippen LogP contribution in [0, 0.1) is 6.92 Å². The monoisotopic (exact) mass is 330 g/mol. The van der Waals surface area contributed by atoms with Gasteiger partial charge in [0.05, 0.1) is 0 Å². The Kier molecular flexibility index (Phi) is 2.59. The molecule has 15 heavy (non-hydrogen) atoms. The lowest BCUT2D eigenvalue weighted by Crippen LogP contribution is -2.13. The maximum atomic E-state index is 12.0. The van der Waals surface area contributed by atoms with Gasteiger partial charge in [0.1, 0.15) is 0 Å². The summed E-state index contributed by atoms with van der Waals surface area (Å²) in [6.45, 7) is 6.24. The van der Waals surface area contributed by atoms with Crippen molar-refractivity contribution in [2.75, 3.05) is 0 Å². The van der Waals surface area contributed by atoms with Gasteiger partial charge >= 0.3 is 0 Å². The summed E-state index contributed by atoms with van der Waals surface area (Å²) in [5, 5.41) is 0. The molecule has 0 saturated heterocycles. The van der Waals surface area contributed by atoms with Gasteiger partial charge < -0.3 is 0 Å². The van der Waals surface area contributed by atoms with Gasteiger partial charge in [-0.3, -0.25) is 4.79 Å². The molecule has 1 aliphatic carbocycles. The fourth-order valence-electron chi connectivity index (χ4n) is 2.25. The van der Waals surface area contributed by atoms with Crippen molar-refractivity contribution in [3.05, 3.63) is 31.7 Å². The Labute approximate surface area is 107 Å². The smallest absolute Gasteiger partial charge is 0.165 e. The summed E-state index contributed by atoms with van der Waals surface area (Å²) in [5.74, 6) is 0.242. The second kappa shape index (κ2) is 3.42. The van der Waals surface area contributed by atoms with Crippen LogP contribution in [0.1, 0.15) is 41.8 Å². The maximum Gasteiger partial charge on any atom is 0.165 e. The van der Waals surface area contributed by atoms with E-state index in [1.165, 1.54) is 0 Å². The Morgan fingerprint density at radius 2 is 1.93 bits per heavy atom. The van der Waals surface area contributed by atoms with E-state index in [2.05, 4.69) is 51.8 Å². The number of hydrogen-bond acceptors (Lipinski definition) is 1. The molecular formula is C12H12Br2O. The van der Waals surface area contributed by atoms with Crippen molar-refractivity contribution in [1.29, 1.82) is 0 Å². The van der Waals surface area contributed by atoms with Gasteiger partial charge in [-0.25, -0.2) is 0 Å². The highest BCUT2D eigenvalue weighted by Crippen LogP contribution is 2.46. The van der Waals surface area contributed by atoms with Crippen LogP contribution in [0.25, 0.3) is 0 Å². The second-order valence-corrected chi connectivity index (χ2v) is 6.37. The molecule has 2 rings (SSSR count). The van der Waals surface area contributed by atoms with Crippen LogP contribution in [0.2, 0.25) is 0 Å². The molecular weight excluding hydrogens is 320 g/mol. The highest BCUT2D eigenvalue weighted by Gasteiger charge is 2.39. The summed E-state index contributed by atoms with van der Waals surface area (Å²) in [6.07, 6.45) is 0.600. The van der Waals surface area contributed by atoms with Gasteiger partial charge in [-0.15, -0.1) is 0 Å². The Hall–Kier alpha value is -0.150. The molecule has 0 aromatic heterocycles. The molecule has 0 atom stereocenters. The van der Waals surface area contributed by atoms with Gasteiger partial charge in [0.15, 0.2) is 5.78 Å². The van der Waals surface area contributed by atoms with Crippen LogP contribution in [0.3, 0.4) is 0 Å². The summed E-state index contributed by atoms with van der Waals surface area (Å²) in [7, 11) is 0. The topological polar surface area (TPSA) is 17.1 Å². The third-order valence-corrected chi connectivity index (χ3v) is 4.60. The van der Waals surface area contributed by atoms with E-state index in [1.54, 1.807) is 0 Å². The van der Waals surface area contributed by atoms with E-state index in [1.807, 2.05) is 6.92 Å². The molecule has 0 amide bonds. The molecule has 0 radical (unpaired) electrons. The fourth-order valence-corrected chi connectivity index (χ4v) is 3.87. The van der Waals surface area contributed by atoms with Crippen LogP contribution < -0.4 is 0 Å². The zero-order valence-corrected chi connectivity index (χ0v) is 12.1. The summed E-state index contributed by atoms with van der Waals surface area (Å²) in [5.41, 5.74) is 3.06. The molecule has 0 fully saturated rings. The van der Waals surface area contributed by atoms with Gasteiger partial charge in [-0.05, 0) is 45.5 Å². The third kappa shape index (κ3) is 1.60. The molecule has 0 N–H and O–H groups in total. The molecule has 80 valence electrons. The number of benzene rings is 1. The number of halogens is 2. The Balaban J connectivity index is 2.84. The van der Waals surface area contributed by atoms with E-state index < -0.39 is 0 Å². The van der Waals surface area contributed by atoms with Crippen LogP contribution in [0.15, 0.2) is 15.0 Å². The van der Waals surface area contributed by atoms with E-state index >= 15 is 0 Å². The summed E-state index contributed by atoms with van der Waals surface area (Å²) >= 11 is 7.08. The molecule has 0 saturated carbocycles. The normalized spacial score (nSPS) is 18.1. The average Bonchev–Trinajstić information content (AvgIpc) is 2.32. The first-order valence-electron chi connectivity index (χ1n) is 4.87. The van der Waals surface area contributed by atoms with Crippen LogP contribution in [-0.2, 0) is 5.41 Å². The predicted octanol–water partition coefficient (Wildman–Crippen LogP) is 4.38. The van der Waals surface area contributed by atoms with Gasteiger partial charge in [0, 0.05) is 20.9 Å². The lowest BCUT2D eigenvalue weighted by atomic mass is 9.86. The van der Waals surface area contributed by atoms with Crippen molar-refractivity contribution < 1.29 is 4.79 Å². The first-order valence-corrected chi connectivity index (χ1v) is 6.45. The number of carbonyl (C=O) groups excluding carboxylic acids is 1. The number of hydrogen-bond donors (Lipinski definition) is 0. The first-order chi connectivity index (χ1) is 6.84. The summed E-state index contributed by atoms with van der Waals surface area (Å²) in [6, 6.07) is 2.07. The third-order valence-electron chi connectivity index (χ3n) is 2.96. The molecule has 1 nitrogen and oxygen atoms in total. The molecule has 0 heterocycles. The van der Waals surface area contributed by atoms with Crippen LogP contribution in [0.4, 0.5) is 0 Å². The number of Topliss-reactive ketones (excluding diaryl/α,β-unsaturated/α-hetero) is 1. The summed E-state index contributed by atoms with van der Waals surface area (Å²) in [4.78, 5) is 12.0. The van der Waals surface area contributed by atoms with Crippen LogP contribution in [0.5, 0.6) is 0 Å². The fraction of sp³-hybridized carbons (Fsp3) is 0.417. The van der Waals surface area contributed by atoms with Crippen molar-refractivity contribution in [2.45, 2.75) is 32.6 Å². The Bertz CT molecular complexity index is 461. The van der Waals surface area contributed by atoms with Crippen LogP contribution >= 0.6 is 31.9 Å². The molecule has 0 unspecified atom stereocenters. The first kappa shape index (κ1) is 11.3. The Morgan fingerprint density at radius 3 is 2.53 bits per heavy atom. The van der Waals surface area contributed by atoms with E-state index in [-0.39, 0.29) is 11.2 Å². The molecule has 0 spiro atoms. The lowest BCUT2D eigenvalue weighted by molar-refractivity contribution is 0.0979. The van der Waals surface area contributed by atoms with Crippen molar-refractivity contribution in [1.82, 2.24) is 0 Å². The molecule has 3 heteroatoms. The van der Waals surface area contributed by atoms with Gasteiger partial charge in [-0.1, -0.05) is 29.8 Å². The number of carbonyl (C=O) groups is 1. The molecule has 0 bridgehead atoms. The highest BCUT2D eigenvalue weighted by molar-refractivity contribution is 9.11. The predicted molar refractivity (Wildman–Crippen MR) is 68.6 cm³/mol. The van der Waals surface area contributed by atoms with E-state index in [0.29, 0.717) is 6.42 Å². The zero-order valence-electron chi connectivity index (χ0n) is 8.95. The van der Waals surface area contributed by atoms with Gasteiger partial charge in [0.2, 0.25) is 0 Å². The average molecular weight is 332 g/mol. The minimum Gasteiger partial charge on any atom is -0.294 e. The minimum absolute atomic E-state index is 0.0541. The van der Waals surface area contributed by atoms with Crippen molar-refractivity contribution >= 4 is 37.6 Å². The SMILES string of the molecule is Cc1cc(Br)c2c(c1Br)C(=O)CC2(C)C. The molecule has 1 aromatic carbocycles. The zero-order chi connectivity index (χ0) is 11.4. The van der Waals surface area contributed by atoms with Gasteiger partial charge in [0.25, 0.3) is 0 Å². The van der Waals surface area contributed by atoms with E-state index in [4.69, 9.17) is 0 Å². The van der Waals surface area contributed by atoms with E-state index in [0.717, 1.165) is 25.6 Å². The van der Waals surface area contributed by atoms with Crippen molar-refractivity contribution in [2.24, 2.45) is 0 Å². The minimum atomic E-state index is -0.0541. The lowest BCUT2D eigenvalue weighted by Gasteiger charge is -2.20. The number of ketones is 1. The molecule has 1 aliphatic rings. The van der Waals surface area contributed by atoms with Crippen LogP contribution in [-0.4, -0.2) is 5.78 Å². The van der Waals surface area contributed by atoms with Crippen molar-refractivity contribution in [3.63, 3.8) is 0 Å². The maximum absolute atomic E-state index is 12.0. The number of rotatable bonds is 0. The number of fused-ring (bicyclic) bond motifs is 1. The van der Waals surface area contributed by atoms with Gasteiger partial charge in [-0.2, -0.15) is 0 Å². The molecule has 1 aromatic rings. The second-order valence-electron chi connectivity index (χ2n) is 4.72. The standard InChI is InChI=1S/C12H12Br2O/c1-6-4-7(13)10-9(11(6)14)8(15)5-12(10,2)3/h4H,5H2,1-3H3. The molecule has 0 aliphatic heterocycles. The summed E-state index contributed by atoms with van der Waals surface area (Å²) < 4.78 is 2.00. The van der Waals surface area contributed by atoms with E-state index in [9.17, 15) is 4.79 Å². The largest absolute Gasteiger partial charge is 0.294 e. The number of aryl methyl sites for hydroxylation is 1. The highest BCUT2D eigenvalue weighted by atomic mass is 79.9. The quantitative estimate of drug-likeness (QED) is 0.689. The van der Waals surface area contributed by atoms with Crippen molar-refractivity contribution in [3.8, 4) is 0 Å².